The number of carbonyl (C=O) groups excluding carboxylic acids is 1. The van der Waals surface area contributed by atoms with Crippen molar-refractivity contribution in [3.05, 3.63) is 64.0 Å². The highest BCUT2D eigenvalue weighted by Crippen LogP contribution is 2.38. The van der Waals surface area contributed by atoms with Crippen LogP contribution in [0, 0.1) is 23.6 Å². The van der Waals surface area contributed by atoms with Crippen LogP contribution in [0.5, 0.6) is 29.3 Å². The molecule has 0 atom stereocenters. The van der Waals surface area contributed by atoms with Crippen molar-refractivity contribution in [1.82, 2.24) is 18.9 Å². The molecule has 0 unspecified atom stereocenters. The predicted octanol–water partition coefficient (Wildman–Crippen LogP) is 4.61. The average molecular weight is 720 g/mol. The lowest BCUT2D eigenvalue weighted by Crippen LogP contribution is -2.39. The van der Waals surface area contributed by atoms with E-state index in [0.717, 1.165) is 18.8 Å². The molecule has 17 heteroatoms. The number of aromatic nitrogens is 4. The molecule has 0 saturated heterocycles. The zero-order valence-electron chi connectivity index (χ0n) is 28.6. The first-order valence-electron chi connectivity index (χ1n) is 15.3. The van der Waals surface area contributed by atoms with Gasteiger partial charge in [0.2, 0.25) is 16.6 Å². The summed E-state index contributed by atoms with van der Waals surface area (Å²) in [5.41, 5.74) is 1.32. The Labute approximate surface area is 296 Å². The molecule has 4 aromatic rings. The fourth-order valence-corrected chi connectivity index (χ4v) is 6.07. The lowest BCUT2D eigenvalue weighted by molar-refractivity contribution is -0.121. The van der Waals surface area contributed by atoms with E-state index in [2.05, 4.69) is 44.3 Å². The Morgan fingerprint density at radius 2 is 1.90 bits per heavy atom. The number of nitrogens with zero attached hydrogens (tertiary/aromatic N) is 7. The van der Waals surface area contributed by atoms with E-state index in [1.54, 1.807) is 19.1 Å². The molecule has 51 heavy (non-hydrogen) atoms. The number of terminal acetylenes is 1. The van der Waals surface area contributed by atoms with Crippen molar-refractivity contribution in [2.75, 3.05) is 39.4 Å². The lowest BCUT2D eigenvalue weighted by Gasteiger charge is -2.28. The monoisotopic (exact) mass is 719 g/mol. The number of amides is 1. The Morgan fingerprint density at radius 1 is 1.18 bits per heavy atom. The third-order valence-corrected chi connectivity index (χ3v) is 8.35. The minimum atomic E-state index is -1.19. The molecule has 0 spiro atoms. The van der Waals surface area contributed by atoms with E-state index < -0.39 is 11.8 Å². The first kappa shape index (κ1) is 36.3. The van der Waals surface area contributed by atoms with Gasteiger partial charge in [0.25, 0.3) is 5.91 Å². The summed E-state index contributed by atoms with van der Waals surface area (Å²) in [4.78, 5) is 43.0. The number of methoxy groups -OCH3 is 2. The van der Waals surface area contributed by atoms with Gasteiger partial charge in [0, 0.05) is 36.1 Å². The molecule has 0 aliphatic carbocycles. The molecule has 2 aliphatic rings. The number of oxime groups is 1. The normalized spacial score (nSPS) is 14.7. The second kappa shape index (κ2) is 15.3. The molecule has 2 aromatic heterocycles. The minimum Gasteiger partial charge on any atom is -0.481 e. The molecule has 0 radical (unpaired) electrons. The standard InChI is InChI=1S/C18H17FN4O2S.C16H17N3O6/c1-4-5-22-13-7-12(11(19)6-14(13)25-9-16(22)24)20-17-23-10-18(2,3)8-15(23)21-26-17;1-9(19-24-4)10-6-5-7-11(14(10)15(20)21)25-16-17-12(22-2)8-13(18-16)23-3/h1,6-7H,5,8-10H2,2-3H3;5-8H,1-4H3,(H,20,21). The molecule has 15 nitrogen and oxygen atoms in total. The third-order valence-electron chi connectivity index (χ3n) is 7.57. The second-order valence-electron chi connectivity index (χ2n) is 11.8. The Balaban J connectivity index is 0.000000198. The maximum atomic E-state index is 14.5. The zero-order valence-corrected chi connectivity index (χ0v) is 29.4. The first-order valence-corrected chi connectivity index (χ1v) is 16.0. The number of hydrogen-bond donors (Lipinski definition) is 1. The van der Waals surface area contributed by atoms with Crippen LogP contribution in [0.2, 0.25) is 0 Å². The Hall–Kier alpha value is -6.02. The number of hydrogen-bond acceptors (Lipinski definition) is 13. The number of benzene rings is 2. The van der Waals surface area contributed by atoms with E-state index in [-0.39, 0.29) is 59.2 Å². The maximum Gasteiger partial charge on any atom is 0.340 e. The fraction of sp³-hybridized carbons (Fsp3) is 0.324. The predicted molar refractivity (Wildman–Crippen MR) is 184 cm³/mol. The van der Waals surface area contributed by atoms with E-state index >= 15 is 0 Å². The summed E-state index contributed by atoms with van der Waals surface area (Å²) in [5, 5.41) is 13.3. The molecular formula is C34H34FN7O8S. The summed E-state index contributed by atoms with van der Waals surface area (Å²) in [6, 6.07) is 8.83. The maximum absolute atomic E-state index is 14.5. The van der Waals surface area contributed by atoms with Crippen LogP contribution >= 0.6 is 11.5 Å². The number of fused-ring (bicyclic) bond motifs is 2. The molecule has 2 aliphatic heterocycles. The van der Waals surface area contributed by atoms with E-state index in [1.807, 2.05) is 4.57 Å². The quantitative estimate of drug-likeness (QED) is 0.145. The van der Waals surface area contributed by atoms with E-state index in [0.29, 0.717) is 27.5 Å². The van der Waals surface area contributed by atoms with Crippen molar-refractivity contribution < 1.29 is 42.9 Å². The van der Waals surface area contributed by atoms with E-state index in [4.69, 9.17) is 30.2 Å². The van der Waals surface area contributed by atoms with Crippen molar-refractivity contribution in [2.45, 2.75) is 33.7 Å². The summed E-state index contributed by atoms with van der Waals surface area (Å²) in [6.07, 6.45) is 6.22. The van der Waals surface area contributed by atoms with Crippen LogP contribution in [-0.4, -0.2) is 76.1 Å². The van der Waals surface area contributed by atoms with E-state index in [9.17, 15) is 19.1 Å². The van der Waals surface area contributed by atoms with Gasteiger partial charge in [-0.1, -0.05) is 37.1 Å². The third kappa shape index (κ3) is 8.07. The van der Waals surface area contributed by atoms with Gasteiger partial charge in [0.1, 0.15) is 35.7 Å². The van der Waals surface area contributed by atoms with Gasteiger partial charge in [0.15, 0.2) is 12.4 Å². The van der Waals surface area contributed by atoms with E-state index in [1.165, 1.54) is 62.0 Å². The lowest BCUT2D eigenvalue weighted by atomic mass is 9.92. The average Bonchev–Trinajstić information content (AvgIpc) is 3.61. The fourth-order valence-electron chi connectivity index (χ4n) is 5.31. The number of ether oxygens (including phenoxy) is 4. The molecule has 0 bridgehead atoms. The van der Waals surface area contributed by atoms with Gasteiger partial charge in [-0.05, 0) is 24.5 Å². The molecule has 0 fully saturated rings. The van der Waals surface area contributed by atoms with Crippen LogP contribution in [-0.2, 0) is 22.6 Å². The van der Waals surface area contributed by atoms with Crippen LogP contribution in [0.1, 0.15) is 42.5 Å². The SMILES string of the molecule is C#CCN1C(=O)COc2cc(F)c(N=c3snc4n3CC(C)(C)C4)cc21.CON=C(C)c1cccc(Oc2nc(OC)cc(OC)n2)c1C(=O)O. The number of carbonyl (C=O) groups is 2. The van der Waals surface area contributed by atoms with Crippen molar-refractivity contribution >= 4 is 40.5 Å². The molecule has 4 heterocycles. The van der Waals surface area contributed by atoms with Crippen LogP contribution in [0.3, 0.4) is 0 Å². The summed E-state index contributed by atoms with van der Waals surface area (Å²) >= 11 is 1.24. The van der Waals surface area contributed by atoms with Gasteiger partial charge < -0.3 is 33.5 Å². The number of halogens is 1. The van der Waals surface area contributed by atoms with Crippen molar-refractivity contribution in [2.24, 2.45) is 15.6 Å². The van der Waals surface area contributed by atoms with Gasteiger partial charge in [-0.25, -0.2) is 14.2 Å². The van der Waals surface area contributed by atoms with Crippen LogP contribution < -0.4 is 28.6 Å². The molecule has 6 rings (SSSR count). The topological polar surface area (TPSA) is 172 Å². The van der Waals surface area contributed by atoms with Crippen molar-refractivity contribution in [3.8, 4) is 41.6 Å². The Bertz CT molecular complexity index is 2100. The Kier molecular flexibility index (Phi) is 10.8. The molecule has 1 amide bonds. The first-order chi connectivity index (χ1) is 24.4. The number of rotatable bonds is 9. The van der Waals surface area contributed by atoms with Gasteiger partial charge >= 0.3 is 12.0 Å². The molecule has 266 valence electrons. The summed E-state index contributed by atoms with van der Waals surface area (Å²) in [7, 11) is 4.24. The number of carboxylic acid groups (broad SMARTS) is 1. The van der Waals surface area contributed by atoms with Crippen LogP contribution in [0.15, 0.2) is 46.5 Å². The minimum absolute atomic E-state index is 0.0472. The molecular weight excluding hydrogens is 685 g/mol. The smallest absolute Gasteiger partial charge is 0.340 e. The summed E-state index contributed by atoms with van der Waals surface area (Å²) in [6.45, 7) is 6.68. The van der Waals surface area contributed by atoms with Crippen molar-refractivity contribution in [1.29, 1.82) is 0 Å². The highest BCUT2D eigenvalue weighted by molar-refractivity contribution is 7.02. The van der Waals surface area contributed by atoms with Gasteiger partial charge in [0.05, 0.1) is 38.2 Å². The molecule has 2 aromatic carbocycles. The number of anilines is 1. The zero-order chi connectivity index (χ0) is 36.9. The second-order valence-corrected chi connectivity index (χ2v) is 12.6. The van der Waals surface area contributed by atoms with Gasteiger partial charge in [-0.3, -0.25) is 9.69 Å². The summed E-state index contributed by atoms with van der Waals surface area (Å²) < 4.78 is 42.0. The number of carboxylic acids is 1. The van der Waals surface area contributed by atoms with Crippen molar-refractivity contribution in [3.63, 3.8) is 0 Å². The molecule has 1 N–H and O–H groups in total. The Morgan fingerprint density at radius 3 is 2.55 bits per heavy atom. The highest BCUT2D eigenvalue weighted by Gasteiger charge is 2.31. The number of aromatic carboxylic acids is 1. The highest BCUT2D eigenvalue weighted by atomic mass is 32.1. The summed E-state index contributed by atoms with van der Waals surface area (Å²) in [5.74, 6) is 2.21. The van der Waals surface area contributed by atoms with Gasteiger partial charge in [-0.15, -0.1) is 6.42 Å². The van der Waals surface area contributed by atoms with Gasteiger partial charge in [-0.2, -0.15) is 14.3 Å². The molecule has 0 saturated carbocycles. The van der Waals surface area contributed by atoms with Crippen LogP contribution in [0.25, 0.3) is 0 Å². The largest absolute Gasteiger partial charge is 0.481 e. The van der Waals surface area contributed by atoms with Crippen LogP contribution in [0.4, 0.5) is 15.8 Å².